The Labute approximate surface area is 129 Å². The van der Waals surface area contributed by atoms with E-state index in [1.165, 1.54) is 0 Å². The van der Waals surface area contributed by atoms with Gasteiger partial charge >= 0.3 is 0 Å². The largest absolute Gasteiger partial charge is 0.354 e. The molecule has 0 radical (unpaired) electrons. The van der Waals surface area contributed by atoms with E-state index in [1.54, 1.807) is 13.1 Å². The molecule has 0 bridgehead atoms. The fourth-order valence-corrected chi connectivity index (χ4v) is 2.40. The fraction of sp³-hybridized carbons (Fsp3) is 0.235. The van der Waals surface area contributed by atoms with Crippen molar-refractivity contribution in [2.75, 3.05) is 25.0 Å². The lowest BCUT2D eigenvalue weighted by Crippen LogP contribution is -2.30. The maximum atomic E-state index is 12.0. The average Bonchev–Trinajstić information content (AvgIpc) is 2.62. The minimum absolute atomic E-state index is 0.201. The summed E-state index contributed by atoms with van der Waals surface area (Å²) >= 11 is 0. The van der Waals surface area contributed by atoms with Gasteiger partial charge in [-0.15, -0.1) is 0 Å². The molecule has 1 aromatic carbocycles. The number of rotatable bonds is 3. The number of hydrogen-bond acceptors (Lipinski definition) is 4. The zero-order valence-corrected chi connectivity index (χ0v) is 12.5. The molecule has 1 amide bonds. The first kappa shape index (κ1) is 14.3. The second-order valence-corrected chi connectivity index (χ2v) is 5.09. The highest BCUT2D eigenvalue weighted by atomic mass is 16.1. The van der Waals surface area contributed by atoms with Crippen LogP contribution in [-0.2, 0) is 0 Å². The quantitative estimate of drug-likeness (QED) is 0.882. The second kappa shape index (κ2) is 6.39. The van der Waals surface area contributed by atoms with Crippen LogP contribution >= 0.6 is 0 Å². The van der Waals surface area contributed by atoms with Crippen molar-refractivity contribution in [2.45, 2.75) is 6.42 Å². The molecule has 1 N–H and O–H groups in total. The first-order valence-electron chi connectivity index (χ1n) is 7.34. The van der Waals surface area contributed by atoms with E-state index in [1.807, 2.05) is 30.3 Å². The van der Waals surface area contributed by atoms with Crippen molar-refractivity contribution in [1.29, 1.82) is 0 Å². The summed E-state index contributed by atoms with van der Waals surface area (Å²) in [6.07, 6.45) is 5.22. The number of amides is 1. The monoisotopic (exact) mass is 294 g/mol. The van der Waals surface area contributed by atoms with Gasteiger partial charge in [-0.05, 0) is 12.5 Å². The molecule has 2 heterocycles. The van der Waals surface area contributed by atoms with E-state index in [2.05, 4.69) is 32.3 Å². The van der Waals surface area contributed by atoms with E-state index in [4.69, 9.17) is 0 Å². The van der Waals surface area contributed by atoms with E-state index < -0.39 is 0 Å². The molecular formula is C17H18N4O. The van der Waals surface area contributed by atoms with Crippen LogP contribution in [0.15, 0.2) is 48.6 Å². The molecule has 1 aliphatic rings. The van der Waals surface area contributed by atoms with Gasteiger partial charge in [-0.25, -0.2) is 9.97 Å². The maximum absolute atomic E-state index is 12.0. The summed E-state index contributed by atoms with van der Waals surface area (Å²) in [5.74, 6) is 0.401. The van der Waals surface area contributed by atoms with Crippen LogP contribution in [0.25, 0.3) is 11.3 Å². The molecule has 0 aliphatic carbocycles. The molecule has 22 heavy (non-hydrogen) atoms. The molecular weight excluding hydrogens is 276 g/mol. The van der Waals surface area contributed by atoms with Gasteiger partial charge in [-0.2, -0.15) is 0 Å². The Balaban J connectivity index is 2.05. The number of aromatic nitrogens is 2. The molecule has 1 aromatic heterocycles. The molecule has 0 unspecified atom stereocenters. The molecule has 3 rings (SSSR count). The van der Waals surface area contributed by atoms with E-state index in [9.17, 15) is 4.79 Å². The van der Waals surface area contributed by atoms with Crippen LogP contribution in [0, 0.1) is 0 Å². The highest BCUT2D eigenvalue weighted by molar-refractivity contribution is 5.93. The Morgan fingerprint density at radius 3 is 2.68 bits per heavy atom. The van der Waals surface area contributed by atoms with Crippen molar-refractivity contribution in [3.63, 3.8) is 0 Å². The lowest BCUT2D eigenvalue weighted by atomic mass is 10.1. The summed E-state index contributed by atoms with van der Waals surface area (Å²) in [5, 5.41) is 2.63. The van der Waals surface area contributed by atoms with Crippen molar-refractivity contribution in [3.05, 3.63) is 54.2 Å². The highest BCUT2D eigenvalue weighted by Gasteiger charge is 2.16. The second-order valence-electron chi connectivity index (χ2n) is 5.09. The lowest BCUT2D eigenvalue weighted by Gasteiger charge is -2.24. The van der Waals surface area contributed by atoms with Crippen LogP contribution in [-0.4, -0.2) is 36.0 Å². The van der Waals surface area contributed by atoms with Crippen molar-refractivity contribution in [3.8, 4) is 11.3 Å². The first-order chi connectivity index (χ1) is 10.8. The smallest absolute Gasteiger partial charge is 0.269 e. The molecule has 5 nitrogen and oxygen atoms in total. The third-order valence-corrected chi connectivity index (χ3v) is 3.58. The standard InChI is InChI=1S/C17H18N4O/c1-18-16(22)15-12-14(13-8-4-2-5-9-13)19-17(20-15)21-10-6-3-7-11-21/h2-6,8-9,12H,7,10-11H2,1H3,(H,18,22). The van der Waals surface area contributed by atoms with Crippen LogP contribution in [0.4, 0.5) is 5.95 Å². The van der Waals surface area contributed by atoms with Gasteiger partial charge in [-0.3, -0.25) is 4.79 Å². The van der Waals surface area contributed by atoms with Crippen molar-refractivity contribution >= 4 is 11.9 Å². The van der Waals surface area contributed by atoms with Gasteiger partial charge in [0.05, 0.1) is 5.69 Å². The van der Waals surface area contributed by atoms with Gasteiger partial charge in [0.25, 0.3) is 5.91 Å². The van der Waals surface area contributed by atoms with Gasteiger partial charge in [0, 0.05) is 25.7 Å². The summed E-state index contributed by atoms with van der Waals surface area (Å²) in [6.45, 7) is 1.63. The summed E-state index contributed by atoms with van der Waals surface area (Å²) in [5.41, 5.74) is 2.13. The summed E-state index contributed by atoms with van der Waals surface area (Å²) in [4.78, 5) is 23.1. The van der Waals surface area contributed by atoms with Crippen molar-refractivity contribution < 1.29 is 4.79 Å². The van der Waals surface area contributed by atoms with E-state index >= 15 is 0 Å². The summed E-state index contributed by atoms with van der Waals surface area (Å²) < 4.78 is 0. The number of benzene rings is 1. The van der Waals surface area contributed by atoms with Crippen LogP contribution in [0.5, 0.6) is 0 Å². The third-order valence-electron chi connectivity index (χ3n) is 3.58. The average molecular weight is 294 g/mol. The predicted molar refractivity (Wildman–Crippen MR) is 86.8 cm³/mol. The number of carbonyl (C=O) groups is 1. The molecule has 2 aromatic rings. The van der Waals surface area contributed by atoms with Crippen molar-refractivity contribution in [1.82, 2.24) is 15.3 Å². The molecule has 0 fully saturated rings. The zero-order valence-electron chi connectivity index (χ0n) is 12.5. The lowest BCUT2D eigenvalue weighted by molar-refractivity contribution is 0.0958. The van der Waals surface area contributed by atoms with Crippen LogP contribution in [0.1, 0.15) is 16.9 Å². The number of anilines is 1. The van der Waals surface area contributed by atoms with Crippen molar-refractivity contribution in [2.24, 2.45) is 0 Å². The summed E-state index contributed by atoms with van der Waals surface area (Å²) in [7, 11) is 1.61. The fourth-order valence-electron chi connectivity index (χ4n) is 2.40. The highest BCUT2D eigenvalue weighted by Crippen LogP contribution is 2.21. The zero-order chi connectivity index (χ0) is 15.4. The van der Waals surface area contributed by atoms with Crippen LogP contribution < -0.4 is 10.2 Å². The third kappa shape index (κ3) is 2.98. The first-order valence-corrected chi connectivity index (χ1v) is 7.34. The Hall–Kier alpha value is -2.69. The number of nitrogens with zero attached hydrogens (tertiary/aromatic N) is 3. The van der Waals surface area contributed by atoms with Gasteiger partial charge in [0.2, 0.25) is 5.95 Å². The van der Waals surface area contributed by atoms with E-state index in [0.717, 1.165) is 30.8 Å². The molecule has 112 valence electrons. The normalized spacial score (nSPS) is 14.0. The molecule has 0 saturated heterocycles. The van der Waals surface area contributed by atoms with Gasteiger partial charge in [0.15, 0.2) is 0 Å². The van der Waals surface area contributed by atoms with Crippen LogP contribution in [0.3, 0.4) is 0 Å². The van der Waals surface area contributed by atoms with E-state index in [-0.39, 0.29) is 5.91 Å². The molecule has 5 heteroatoms. The summed E-state index contributed by atoms with van der Waals surface area (Å²) in [6, 6.07) is 11.6. The molecule has 0 spiro atoms. The predicted octanol–water partition coefficient (Wildman–Crippen LogP) is 2.27. The molecule has 1 aliphatic heterocycles. The minimum Gasteiger partial charge on any atom is -0.354 e. The Kier molecular flexibility index (Phi) is 4.14. The van der Waals surface area contributed by atoms with Gasteiger partial charge < -0.3 is 10.2 Å². The number of carbonyl (C=O) groups excluding carboxylic acids is 1. The Bertz CT molecular complexity index is 697. The minimum atomic E-state index is -0.201. The topological polar surface area (TPSA) is 58.1 Å². The number of hydrogen-bond donors (Lipinski definition) is 1. The Morgan fingerprint density at radius 2 is 2.00 bits per heavy atom. The number of nitrogens with one attached hydrogen (secondary N) is 1. The SMILES string of the molecule is CNC(=O)c1cc(-c2ccccc2)nc(N2CC=CCC2)n1. The molecule has 0 atom stereocenters. The van der Waals surface area contributed by atoms with E-state index in [0.29, 0.717) is 11.6 Å². The van der Waals surface area contributed by atoms with Gasteiger partial charge in [0.1, 0.15) is 5.69 Å². The molecule has 0 saturated carbocycles. The maximum Gasteiger partial charge on any atom is 0.269 e. The van der Waals surface area contributed by atoms with Crippen LogP contribution in [0.2, 0.25) is 0 Å². The Morgan fingerprint density at radius 1 is 1.18 bits per heavy atom. The van der Waals surface area contributed by atoms with Gasteiger partial charge in [-0.1, -0.05) is 42.5 Å².